The van der Waals surface area contributed by atoms with Crippen molar-refractivity contribution in [3.8, 4) is 0 Å². The molecule has 1 unspecified atom stereocenters. The fourth-order valence-corrected chi connectivity index (χ4v) is 0.590. The fraction of sp³-hybridized carbons (Fsp3) is 0.500. The van der Waals surface area contributed by atoms with Crippen LogP contribution in [0.15, 0.2) is 12.2 Å². The maximum Gasteiger partial charge on any atom is 0.333 e. The third kappa shape index (κ3) is 6.10. The summed E-state index contributed by atoms with van der Waals surface area (Å²) in [7, 11) is 0. The Morgan fingerprint density at radius 3 is 2.64 bits per heavy atom. The molecule has 0 N–H and O–H groups in total. The van der Waals surface area contributed by atoms with E-state index in [-0.39, 0.29) is 10.8 Å². The Hall–Kier alpha value is -0.310. The van der Waals surface area contributed by atoms with E-state index in [4.69, 9.17) is 4.74 Å². The van der Waals surface area contributed by atoms with E-state index in [1.165, 1.54) is 0 Å². The molecule has 0 rings (SSSR count). The van der Waals surface area contributed by atoms with Crippen LogP contribution in [-0.4, -0.2) is 17.4 Å². The van der Waals surface area contributed by atoms with Crippen molar-refractivity contribution in [1.82, 2.24) is 0 Å². The number of ether oxygens (including phenoxy) is 1. The molecule has 2 nitrogen and oxygen atoms in total. The maximum atomic E-state index is 10.8. The summed E-state index contributed by atoms with van der Waals surface area (Å²) in [6.07, 6.45) is 0.721. The lowest BCUT2D eigenvalue weighted by Crippen LogP contribution is -2.08. The number of halogens is 1. The van der Waals surface area contributed by atoms with Crippen LogP contribution in [-0.2, 0) is 9.53 Å². The summed E-state index contributed by atoms with van der Waals surface area (Å²) in [5.41, 5.74) is 0.431. The van der Waals surface area contributed by atoms with E-state index < -0.39 is 0 Å². The van der Waals surface area contributed by atoms with Crippen molar-refractivity contribution >= 4 is 21.9 Å². The fourth-order valence-electron chi connectivity index (χ4n) is 0.403. The first-order valence-electron chi connectivity index (χ1n) is 3.34. The van der Waals surface area contributed by atoms with Crippen LogP contribution in [0.25, 0.3) is 0 Å². The van der Waals surface area contributed by atoms with Crippen LogP contribution in [0.2, 0.25) is 0 Å². The molecule has 0 bridgehead atoms. The molecule has 1 atom stereocenters. The summed E-state index contributed by atoms with van der Waals surface area (Å²) in [6.45, 7) is 9.15. The van der Waals surface area contributed by atoms with Crippen LogP contribution in [0.5, 0.6) is 0 Å². The van der Waals surface area contributed by atoms with E-state index in [2.05, 4.69) is 29.4 Å². The van der Waals surface area contributed by atoms with Crippen LogP contribution in [0.4, 0.5) is 0 Å². The monoisotopic (exact) mass is 219 g/mol. The molecular weight excluding hydrogens is 208 g/mol. The van der Waals surface area contributed by atoms with Gasteiger partial charge in [-0.25, -0.2) is 4.79 Å². The van der Waals surface area contributed by atoms with Gasteiger partial charge in [0, 0.05) is 10.4 Å². The number of rotatable bonds is 4. The summed E-state index contributed by atoms with van der Waals surface area (Å²) in [4.78, 5) is 10.9. The van der Waals surface area contributed by atoms with Gasteiger partial charge in [0.2, 0.25) is 0 Å². The Balaban J connectivity index is 3.40. The van der Waals surface area contributed by atoms with Gasteiger partial charge in [-0.3, -0.25) is 0 Å². The van der Waals surface area contributed by atoms with Gasteiger partial charge in [-0.2, -0.15) is 0 Å². The summed E-state index contributed by atoms with van der Waals surface area (Å²) in [5.74, 6) is -0.335. The summed E-state index contributed by atoms with van der Waals surface area (Å²) >= 11 is 3.24. The van der Waals surface area contributed by atoms with Gasteiger partial charge in [-0.1, -0.05) is 22.5 Å². The van der Waals surface area contributed by atoms with Crippen molar-refractivity contribution in [3.05, 3.63) is 19.1 Å². The minimum atomic E-state index is -0.335. The molecule has 0 aliphatic carbocycles. The third-order valence-corrected chi connectivity index (χ3v) is 1.47. The second-order valence-corrected chi connectivity index (χ2v) is 3.60. The SMILES string of the molecule is [CH2]C(Br)CCOC(=O)C(=C)C. The molecule has 0 aromatic rings. The molecule has 1 radical (unpaired) electrons. The number of hydrogen-bond donors (Lipinski definition) is 0. The van der Waals surface area contributed by atoms with Gasteiger partial charge >= 0.3 is 5.97 Å². The van der Waals surface area contributed by atoms with Crippen LogP contribution in [0.1, 0.15) is 13.3 Å². The standard InChI is InChI=1S/C8H12BrO2/c1-6(2)8(10)11-5-4-7(3)9/h7H,1,3-5H2,2H3. The average molecular weight is 220 g/mol. The van der Waals surface area contributed by atoms with Crippen molar-refractivity contribution in [2.75, 3.05) is 6.61 Å². The Morgan fingerprint density at radius 1 is 1.73 bits per heavy atom. The number of carbonyl (C=O) groups excluding carboxylic acids is 1. The first kappa shape index (κ1) is 10.7. The van der Waals surface area contributed by atoms with E-state index in [1.807, 2.05) is 0 Å². The molecule has 0 amide bonds. The zero-order valence-electron chi connectivity index (χ0n) is 6.60. The number of alkyl halides is 1. The molecule has 0 aliphatic rings. The predicted molar refractivity (Wildman–Crippen MR) is 48.5 cm³/mol. The lowest BCUT2D eigenvalue weighted by Gasteiger charge is -2.04. The normalized spacial score (nSPS) is 12.3. The molecule has 11 heavy (non-hydrogen) atoms. The molecule has 0 spiro atoms. The highest BCUT2D eigenvalue weighted by atomic mass is 79.9. The van der Waals surface area contributed by atoms with Crippen molar-refractivity contribution in [3.63, 3.8) is 0 Å². The van der Waals surface area contributed by atoms with Crippen LogP contribution in [0, 0.1) is 6.92 Å². The summed E-state index contributed by atoms with van der Waals surface area (Å²) in [6, 6.07) is 0. The predicted octanol–water partition coefficient (Wildman–Crippen LogP) is 2.09. The Bertz CT molecular complexity index is 152. The quantitative estimate of drug-likeness (QED) is 0.412. The molecule has 0 aliphatic heterocycles. The maximum absolute atomic E-state index is 10.8. The third-order valence-electron chi connectivity index (χ3n) is 1.01. The molecule has 0 saturated carbocycles. The van der Waals surface area contributed by atoms with Crippen LogP contribution >= 0.6 is 15.9 Å². The van der Waals surface area contributed by atoms with E-state index in [9.17, 15) is 4.79 Å². The largest absolute Gasteiger partial charge is 0.462 e. The van der Waals surface area contributed by atoms with Crippen LogP contribution < -0.4 is 0 Å². The van der Waals surface area contributed by atoms with Gasteiger partial charge < -0.3 is 4.74 Å². The molecular formula is C8H12BrO2. The average Bonchev–Trinajstić information content (AvgIpc) is 1.86. The molecule has 0 fully saturated rings. The van der Waals surface area contributed by atoms with Crippen molar-refractivity contribution in [2.24, 2.45) is 0 Å². The molecule has 63 valence electrons. The Kier molecular flexibility index (Phi) is 5.20. The molecule has 0 aromatic heterocycles. The first-order chi connectivity index (χ1) is 5.04. The number of carbonyl (C=O) groups is 1. The summed E-state index contributed by atoms with van der Waals surface area (Å²) < 4.78 is 4.81. The lowest BCUT2D eigenvalue weighted by atomic mass is 10.3. The van der Waals surface area contributed by atoms with Crippen LogP contribution in [0.3, 0.4) is 0 Å². The summed E-state index contributed by atoms with van der Waals surface area (Å²) in [5, 5.41) is 0. The van der Waals surface area contributed by atoms with E-state index in [0.29, 0.717) is 12.2 Å². The first-order valence-corrected chi connectivity index (χ1v) is 4.25. The Morgan fingerprint density at radius 2 is 2.27 bits per heavy atom. The zero-order chi connectivity index (χ0) is 8.85. The number of esters is 1. The molecule has 3 heteroatoms. The molecule has 0 saturated heterocycles. The van der Waals surface area contributed by atoms with Crippen molar-refractivity contribution in [1.29, 1.82) is 0 Å². The zero-order valence-corrected chi connectivity index (χ0v) is 8.19. The minimum absolute atomic E-state index is 0.139. The Labute approximate surface area is 75.7 Å². The van der Waals surface area contributed by atoms with Gasteiger partial charge in [-0.05, 0) is 20.3 Å². The van der Waals surface area contributed by atoms with E-state index >= 15 is 0 Å². The highest BCUT2D eigenvalue weighted by molar-refractivity contribution is 9.09. The van der Waals surface area contributed by atoms with Gasteiger partial charge in [0.05, 0.1) is 6.61 Å². The van der Waals surface area contributed by atoms with E-state index in [1.54, 1.807) is 6.92 Å². The second-order valence-electron chi connectivity index (χ2n) is 2.30. The van der Waals surface area contributed by atoms with Gasteiger partial charge in [-0.15, -0.1) is 0 Å². The van der Waals surface area contributed by atoms with Crippen molar-refractivity contribution < 1.29 is 9.53 Å². The smallest absolute Gasteiger partial charge is 0.333 e. The lowest BCUT2D eigenvalue weighted by molar-refractivity contribution is -0.138. The highest BCUT2D eigenvalue weighted by Crippen LogP contribution is 2.03. The van der Waals surface area contributed by atoms with Crippen molar-refractivity contribution in [2.45, 2.75) is 18.2 Å². The van der Waals surface area contributed by atoms with Gasteiger partial charge in [0.15, 0.2) is 0 Å². The molecule has 0 heterocycles. The van der Waals surface area contributed by atoms with E-state index in [0.717, 1.165) is 6.42 Å². The minimum Gasteiger partial charge on any atom is -0.462 e. The van der Waals surface area contributed by atoms with Gasteiger partial charge in [0.1, 0.15) is 0 Å². The second kappa shape index (κ2) is 5.35. The molecule has 0 aromatic carbocycles. The number of hydrogen-bond acceptors (Lipinski definition) is 2. The highest BCUT2D eigenvalue weighted by Gasteiger charge is 2.03. The van der Waals surface area contributed by atoms with Gasteiger partial charge in [0.25, 0.3) is 0 Å². The topological polar surface area (TPSA) is 26.3 Å².